The zero-order valence-corrected chi connectivity index (χ0v) is 12.2. The van der Waals surface area contributed by atoms with Gasteiger partial charge in [0.1, 0.15) is 11.5 Å². The Bertz CT molecular complexity index is 420. The summed E-state index contributed by atoms with van der Waals surface area (Å²) in [4.78, 5) is 15.5. The lowest BCUT2D eigenvalue weighted by atomic mass is 10.3. The van der Waals surface area contributed by atoms with E-state index in [4.69, 9.17) is 9.47 Å². The molecule has 0 amide bonds. The maximum absolute atomic E-state index is 11.6. The number of pyridine rings is 1. The largest absolute Gasteiger partial charge is 0.489 e. The van der Waals surface area contributed by atoms with Crippen LogP contribution in [0.2, 0.25) is 13.1 Å². The van der Waals surface area contributed by atoms with E-state index in [9.17, 15) is 4.79 Å². The molecular weight excluding hydrogens is 246 g/mol. The Morgan fingerprint density at radius 2 is 2.28 bits per heavy atom. The molecule has 5 heteroatoms. The van der Waals surface area contributed by atoms with Gasteiger partial charge in [0.15, 0.2) is 0 Å². The van der Waals surface area contributed by atoms with Gasteiger partial charge in [0.2, 0.25) is 0 Å². The number of esters is 1. The predicted molar refractivity (Wildman–Crippen MR) is 73.7 cm³/mol. The quantitative estimate of drug-likeness (QED) is 0.449. The molecule has 1 rings (SSSR count). The number of aromatic nitrogens is 1. The Labute approximate surface area is 109 Å². The summed E-state index contributed by atoms with van der Waals surface area (Å²) in [5.41, 5.74) is 0.437. The Balaban J connectivity index is 2.81. The van der Waals surface area contributed by atoms with Crippen LogP contribution in [0, 0.1) is 0 Å². The normalized spacial score (nSPS) is 12.0. The molecular formula is C13H19NO3Si. The van der Waals surface area contributed by atoms with Crippen molar-refractivity contribution in [2.45, 2.75) is 25.7 Å². The maximum atomic E-state index is 11.6. The van der Waals surface area contributed by atoms with Crippen molar-refractivity contribution < 1.29 is 14.3 Å². The third-order valence-electron chi connectivity index (χ3n) is 2.39. The molecule has 0 saturated heterocycles. The standard InChI is InChI=1S/C13H19NO3Si/c1-5-12(18(3)4)17-11-7-10(8-14-9-11)13(15)16-6-2/h5,7-9,12,18H,1,6H2,2-4H3. The summed E-state index contributed by atoms with van der Waals surface area (Å²) < 4.78 is 10.7. The van der Waals surface area contributed by atoms with Gasteiger partial charge in [-0.15, -0.1) is 0 Å². The summed E-state index contributed by atoms with van der Waals surface area (Å²) in [7, 11) is -0.993. The van der Waals surface area contributed by atoms with Crippen LogP contribution >= 0.6 is 0 Å². The predicted octanol–water partition coefficient (Wildman–Crippen LogP) is 2.22. The van der Waals surface area contributed by atoms with Crippen molar-refractivity contribution >= 4 is 14.8 Å². The van der Waals surface area contributed by atoms with Crippen LogP contribution in [0.4, 0.5) is 0 Å². The van der Waals surface area contributed by atoms with Gasteiger partial charge in [0.25, 0.3) is 0 Å². The smallest absolute Gasteiger partial charge is 0.339 e. The highest BCUT2D eigenvalue weighted by molar-refractivity contribution is 6.57. The molecule has 0 spiro atoms. The Morgan fingerprint density at radius 3 is 2.83 bits per heavy atom. The summed E-state index contributed by atoms with van der Waals surface area (Å²) in [6.45, 7) is 10.2. The molecule has 0 aliphatic heterocycles. The van der Waals surface area contributed by atoms with Gasteiger partial charge in [-0.3, -0.25) is 4.98 Å². The van der Waals surface area contributed by atoms with Crippen molar-refractivity contribution in [2.75, 3.05) is 6.61 Å². The van der Waals surface area contributed by atoms with Gasteiger partial charge in [-0.2, -0.15) is 0 Å². The van der Waals surface area contributed by atoms with Gasteiger partial charge in [0, 0.05) is 6.20 Å². The van der Waals surface area contributed by atoms with Gasteiger partial charge < -0.3 is 9.47 Å². The van der Waals surface area contributed by atoms with Crippen LogP contribution < -0.4 is 4.74 Å². The lowest BCUT2D eigenvalue weighted by Crippen LogP contribution is -2.28. The number of nitrogens with zero attached hydrogens (tertiary/aromatic N) is 1. The van der Waals surface area contributed by atoms with Crippen LogP contribution in [-0.4, -0.2) is 32.1 Å². The van der Waals surface area contributed by atoms with E-state index in [2.05, 4.69) is 24.7 Å². The highest BCUT2D eigenvalue weighted by atomic mass is 28.3. The van der Waals surface area contributed by atoms with E-state index in [0.29, 0.717) is 17.9 Å². The van der Waals surface area contributed by atoms with Crippen LogP contribution in [0.25, 0.3) is 0 Å². The molecule has 0 bridgehead atoms. The highest BCUT2D eigenvalue weighted by Crippen LogP contribution is 2.15. The average Bonchev–Trinajstić information content (AvgIpc) is 2.36. The van der Waals surface area contributed by atoms with Crippen molar-refractivity contribution in [3.8, 4) is 5.75 Å². The fraction of sp³-hybridized carbons (Fsp3) is 0.385. The first-order valence-corrected chi connectivity index (χ1v) is 8.97. The molecule has 0 aliphatic carbocycles. The zero-order valence-electron chi connectivity index (χ0n) is 11.1. The van der Waals surface area contributed by atoms with Crippen LogP contribution in [-0.2, 0) is 4.74 Å². The molecule has 4 nitrogen and oxygen atoms in total. The molecule has 18 heavy (non-hydrogen) atoms. The monoisotopic (exact) mass is 265 g/mol. The van der Waals surface area contributed by atoms with Crippen molar-refractivity contribution in [1.29, 1.82) is 0 Å². The number of ether oxygens (including phenoxy) is 2. The summed E-state index contributed by atoms with van der Waals surface area (Å²) in [6, 6.07) is 1.65. The molecule has 0 aromatic carbocycles. The molecule has 0 radical (unpaired) electrons. The molecule has 1 aromatic heterocycles. The fourth-order valence-corrected chi connectivity index (χ4v) is 2.40. The Hall–Kier alpha value is -1.62. The van der Waals surface area contributed by atoms with E-state index in [-0.39, 0.29) is 11.7 Å². The SMILES string of the molecule is C=CC(Oc1cncc(C(=O)OCC)c1)[SiH](C)C. The van der Waals surface area contributed by atoms with Crippen LogP contribution in [0.1, 0.15) is 17.3 Å². The van der Waals surface area contributed by atoms with Crippen LogP contribution in [0.15, 0.2) is 31.1 Å². The second-order valence-corrected chi connectivity index (χ2v) is 7.34. The van der Waals surface area contributed by atoms with Gasteiger partial charge in [-0.25, -0.2) is 4.79 Å². The van der Waals surface area contributed by atoms with Crippen molar-refractivity contribution in [1.82, 2.24) is 4.98 Å². The summed E-state index contributed by atoms with van der Waals surface area (Å²) in [5, 5.41) is 0. The van der Waals surface area contributed by atoms with E-state index < -0.39 is 8.80 Å². The third-order valence-corrected chi connectivity index (χ3v) is 4.11. The van der Waals surface area contributed by atoms with E-state index in [1.54, 1.807) is 25.3 Å². The Kier molecular flexibility index (Phi) is 5.58. The van der Waals surface area contributed by atoms with E-state index in [0.717, 1.165) is 0 Å². The molecule has 1 atom stereocenters. The van der Waals surface area contributed by atoms with Gasteiger partial charge in [-0.05, 0) is 13.0 Å². The van der Waals surface area contributed by atoms with Crippen molar-refractivity contribution in [2.24, 2.45) is 0 Å². The molecule has 1 unspecified atom stereocenters. The second-order valence-electron chi connectivity index (χ2n) is 4.19. The zero-order chi connectivity index (χ0) is 13.5. The van der Waals surface area contributed by atoms with E-state index >= 15 is 0 Å². The summed E-state index contributed by atoms with van der Waals surface area (Å²) in [6.07, 6.45) is 4.87. The maximum Gasteiger partial charge on any atom is 0.339 e. The first-order valence-electron chi connectivity index (χ1n) is 5.99. The highest BCUT2D eigenvalue weighted by Gasteiger charge is 2.14. The first kappa shape index (κ1) is 14.4. The molecule has 0 N–H and O–H groups in total. The molecule has 0 fully saturated rings. The lowest BCUT2D eigenvalue weighted by molar-refractivity contribution is 0.0525. The van der Waals surface area contributed by atoms with Crippen molar-refractivity contribution in [3.05, 3.63) is 36.7 Å². The topological polar surface area (TPSA) is 48.4 Å². The fourth-order valence-electron chi connectivity index (χ4n) is 1.42. The summed E-state index contributed by atoms with van der Waals surface area (Å²) in [5.74, 6) is 0.194. The molecule has 0 aliphatic rings. The lowest BCUT2D eigenvalue weighted by Gasteiger charge is -2.18. The number of rotatable bonds is 6. The molecule has 1 aromatic rings. The molecule has 0 saturated carbocycles. The first-order chi connectivity index (χ1) is 8.58. The molecule has 98 valence electrons. The number of hydrogen-bond donors (Lipinski definition) is 0. The minimum Gasteiger partial charge on any atom is -0.489 e. The molecule has 1 heterocycles. The van der Waals surface area contributed by atoms with Gasteiger partial charge >= 0.3 is 5.97 Å². The average molecular weight is 265 g/mol. The number of hydrogen-bond acceptors (Lipinski definition) is 4. The number of carbonyl (C=O) groups excluding carboxylic acids is 1. The minimum atomic E-state index is -0.993. The van der Waals surface area contributed by atoms with Gasteiger partial charge in [0.05, 0.1) is 27.2 Å². The van der Waals surface area contributed by atoms with Gasteiger partial charge in [-0.1, -0.05) is 25.7 Å². The minimum absolute atomic E-state index is 0.0317. The van der Waals surface area contributed by atoms with Crippen LogP contribution in [0.3, 0.4) is 0 Å². The van der Waals surface area contributed by atoms with Crippen LogP contribution in [0.5, 0.6) is 5.75 Å². The summed E-state index contributed by atoms with van der Waals surface area (Å²) >= 11 is 0. The second kappa shape index (κ2) is 6.96. The Morgan fingerprint density at radius 1 is 1.56 bits per heavy atom. The number of carbonyl (C=O) groups is 1. The van der Waals surface area contributed by atoms with Crippen molar-refractivity contribution in [3.63, 3.8) is 0 Å². The van der Waals surface area contributed by atoms with E-state index in [1.807, 2.05) is 0 Å². The third kappa shape index (κ3) is 3.99. The van der Waals surface area contributed by atoms with E-state index in [1.165, 1.54) is 6.20 Å².